The van der Waals surface area contributed by atoms with Crippen molar-refractivity contribution in [1.82, 2.24) is 10.2 Å². The summed E-state index contributed by atoms with van der Waals surface area (Å²) < 4.78 is 0. The molecule has 2 aliphatic rings. The summed E-state index contributed by atoms with van der Waals surface area (Å²) >= 11 is 0. The number of primary amides is 1. The van der Waals surface area contributed by atoms with E-state index in [2.05, 4.69) is 10.2 Å². The van der Waals surface area contributed by atoms with Crippen LogP contribution in [0.5, 0.6) is 0 Å². The molecule has 1 amide bonds. The highest BCUT2D eigenvalue weighted by atomic mass is 16.1. The second-order valence-corrected chi connectivity index (χ2v) is 5.19. The number of nitrogens with two attached hydrogens (primary N) is 1. The molecule has 92 valence electrons. The molecule has 4 heteroatoms. The van der Waals surface area contributed by atoms with Gasteiger partial charge in [0.05, 0.1) is 5.92 Å². The van der Waals surface area contributed by atoms with Gasteiger partial charge >= 0.3 is 0 Å². The number of hydrogen-bond donors (Lipinski definition) is 2. The molecule has 1 atom stereocenters. The second-order valence-electron chi connectivity index (χ2n) is 5.19. The van der Waals surface area contributed by atoms with Gasteiger partial charge in [-0.3, -0.25) is 4.79 Å². The Morgan fingerprint density at radius 3 is 2.75 bits per heavy atom. The molecule has 4 nitrogen and oxygen atoms in total. The average Bonchev–Trinajstić information content (AvgIpc) is 2.30. The Hall–Kier alpha value is -0.610. The first-order valence-electron chi connectivity index (χ1n) is 6.48. The number of nitrogens with zero attached hydrogens (tertiary/aromatic N) is 1. The van der Waals surface area contributed by atoms with Crippen molar-refractivity contribution in [1.29, 1.82) is 0 Å². The molecule has 3 N–H and O–H groups in total. The van der Waals surface area contributed by atoms with Gasteiger partial charge in [-0.1, -0.05) is 0 Å². The second kappa shape index (κ2) is 5.64. The fourth-order valence-corrected chi connectivity index (χ4v) is 2.88. The lowest BCUT2D eigenvalue weighted by Gasteiger charge is -2.35. The normalized spacial score (nSPS) is 29.1. The Morgan fingerprint density at radius 1 is 1.31 bits per heavy atom. The summed E-state index contributed by atoms with van der Waals surface area (Å²) in [6, 6.07) is 0. The molecule has 1 unspecified atom stereocenters. The van der Waals surface area contributed by atoms with Crippen LogP contribution in [0.15, 0.2) is 0 Å². The minimum atomic E-state index is -0.116. The van der Waals surface area contributed by atoms with Crippen LogP contribution in [0.1, 0.15) is 25.7 Å². The van der Waals surface area contributed by atoms with E-state index in [1.807, 2.05) is 0 Å². The van der Waals surface area contributed by atoms with Crippen LogP contribution in [0, 0.1) is 11.8 Å². The largest absolute Gasteiger partial charge is 0.369 e. The zero-order valence-electron chi connectivity index (χ0n) is 9.95. The molecule has 0 radical (unpaired) electrons. The van der Waals surface area contributed by atoms with Gasteiger partial charge in [0.1, 0.15) is 0 Å². The lowest BCUT2D eigenvalue weighted by atomic mass is 9.93. The molecule has 0 aromatic rings. The lowest BCUT2D eigenvalue weighted by Crippen LogP contribution is -2.44. The Kier molecular flexibility index (Phi) is 4.18. The van der Waals surface area contributed by atoms with Crippen LogP contribution in [0.3, 0.4) is 0 Å². The fraction of sp³-hybridized carbons (Fsp3) is 0.917. The molecule has 0 saturated carbocycles. The third kappa shape index (κ3) is 3.19. The van der Waals surface area contributed by atoms with Crippen molar-refractivity contribution in [3.8, 4) is 0 Å². The molecule has 0 aromatic heterocycles. The monoisotopic (exact) mass is 225 g/mol. The molecule has 2 heterocycles. The van der Waals surface area contributed by atoms with Gasteiger partial charge in [-0.05, 0) is 51.2 Å². The molecule has 0 aromatic carbocycles. The van der Waals surface area contributed by atoms with E-state index in [4.69, 9.17) is 5.73 Å². The van der Waals surface area contributed by atoms with E-state index in [1.165, 1.54) is 12.8 Å². The van der Waals surface area contributed by atoms with Crippen LogP contribution in [0.4, 0.5) is 0 Å². The number of amides is 1. The summed E-state index contributed by atoms with van der Waals surface area (Å²) in [5, 5.41) is 3.39. The van der Waals surface area contributed by atoms with Crippen molar-refractivity contribution >= 4 is 5.91 Å². The number of hydrogen-bond acceptors (Lipinski definition) is 3. The highest BCUT2D eigenvalue weighted by Crippen LogP contribution is 2.20. The van der Waals surface area contributed by atoms with Crippen molar-refractivity contribution in [2.75, 3.05) is 32.7 Å². The Balaban J connectivity index is 1.78. The minimum absolute atomic E-state index is 0.0930. The first-order valence-corrected chi connectivity index (χ1v) is 6.48. The molecule has 2 fully saturated rings. The standard InChI is InChI=1S/C12H23N3O/c13-12(16)11-2-1-7-15(9-11)8-10-3-5-14-6-4-10/h10-11,14H,1-9H2,(H2,13,16). The lowest BCUT2D eigenvalue weighted by molar-refractivity contribution is -0.123. The van der Waals surface area contributed by atoms with E-state index >= 15 is 0 Å². The summed E-state index contributed by atoms with van der Waals surface area (Å²) in [6.07, 6.45) is 4.66. The van der Waals surface area contributed by atoms with Gasteiger partial charge in [0.25, 0.3) is 0 Å². The van der Waals surface area contributed by atoms with Crippen LogP contribution in [-0.4, -0.2) is 43.5 Å². The predicted molar refractivity (Wildman–Crippen MR) is 64.0 cm³/mol. The molecule has 2 saturated heterocycles. The van der Waals surface area contributed by atoms with E-state index in [9.17, 15) is 4.79 Å². The molecule has 0 spiro atoms. The Labute approximate surface area is 97.6 Å². The number of nitrogens with one attached hydrogen (secondary N) is 1. The van der Waals surface area contributed by atoms with E-state index in [1.54, 1.807) is 0 Å². The molecule has 2 aliphatic heterocycles. The third-order valence-corrected chi connectivity index (χ3v) is 3.88. The number of likely N-dealkylation sites (tertiary alicyclic amines) is 1. The van der Waals surface area contributed by atoms with Crippen molar-refractivity contribution in [3.05, 3.63) is 0 Å². The Morgan fingerprint density at radius 2 is 2.06 bits per heavy atom. The van der Waals surface area contributed by atoms with Gasteiger partial charge in [0, 0.05) is 13.1 Å². The van der Waals surface area contributed by atoms with Crippen molar-refractivity contribution in [3.63, 3.8) is 0 Å². The number of carbonyl (C=O) groups excluding carboxylic acids is 1. The van der Waals surface area contributed by atoms with Crippen molar-refractivity contribution in [2.45, 2.75) is 25.7 Å². The van der Waals surface area contributed by atoms with E-state index < -0.39 is 0 Å². The summed E-state index contributed by atoms with van der Waals surface area (Å²) in [6.45, 7) is 5.49. The molecular weight excluding hydrogens is 202 g/mol. The molecule has 16 heavy (non-hydrogen) atoms. The van der Waals surface area contributed by atoms with Crippen LogP contribution in [0.2, 0.25) is 0 Å². The van der Waals surface area contributed by atoms with E-state index in [0.717, 1.165) is 51.5 Å². The fourth-order valence-electron chi connectivity index (χ4n) is 2.88. The van der Waals surface area contributed by atoms with E-state index in [-0.39, 0.29) is 11.8 Å². The van der Waals surface area contributed by atoms with Gasteiger partial charge in [-0.2, -0.15) is 0 Å². The van der Waals surface area contributed by atoms with Crippen LogP contribution in [-0.2, 0) is 4.79 Å². The number of carbonyl (C=O) groups is 1. The van der Waals surface area contributed by atoms with Gasteiger partial charge in [0.15, 0.2) is 0 Å². The quantitative estimate of drug-likeness (QED) is 0.720. The van der Waals surface area contributed by atoms with Crippen LogP contribution >= 0.6 is 0 Å². The molecular formula is C12H23N3O. The van der Waals surface area contributed by atoms with Crippen molar-refractivity contribution < 1.29 is 4.79 Å². The molecule has 0 bridgehead atoms. The maximum absolute atomic E-state index is 11.2. The summed E-state index contributed by atoms with van der Waals surface area (Å²) in [4.78, 5) is 13.6. The van der Waals surface area contributed by atoms with Crippen LogP contribution < -0.4 is 11.1 Å². The Bertz CT molecular complexity index is 238. The SMILES string of the molecule is NC(=O)C1CCCN(CC2CCNCC2)C1. The number of piperidine rings is 2. The van der Waals surface area contributed by atoms with Gasteiger partial charge in [-0.15, -0.1) is 0 Å². The maximum atomic E-state index is 11.2. The zero-order valence-corrected chi connectivity index (χ0v) is 9.95. The maximum Gasteiger partial charge on any atom is 0.221 e. The van der Waals surface area contributed by atoms with E-state index in [0.29, 0.717) is 0 Å². The molecule has 0 aliphatic carbocycles. The smallest absolute Gasteiger partial charge is 0.221 e. The molecule has 2 rings (SSSR count). The van der Waals surface area contributed by atoms with Gasteiger partial charge in [0.2, 0.25) is 5.91 Å². The topological polar surface area (TPSA) is 58.4 Å². The van der Waals surface area contributed by atoms with Crippen LogP contribution in [0.25, 0.3) is 0 Å². The first-order chi connectivity index (χ1) is 7.75. The number of rotatable bonds is 3. The van der Waals surface area contributed by atoms with Gasteiger partial charge in [-0.25, -0.2) is 0 Å². The summed E-state index contributed by atoms with van der Waals surface area (Å²) in [5.41, 5.74) is 5.39. The first kappa shape index (κ1) is 11.9. The van der Waals surface area contributed by atoms with Crippen molar-refractivity contribution in [2.24, 2.45) is 17.6 Å². The average molecular weight is 225 g/mol. The van der Waals surface area contributed by atoms with Gasteiger partial charge < -0.3 is 16.0 Å². The minimum Gasteiger partial charge on any atom is -0.369 e. The predicted octanol–water partition coefficient (Wildman–Crippen LogP) is 0.183. The highest BCUT2D eigenvalue weighted by Gasteiger charge is 2.25. The third-order valence-electron chi connectivity index (χ3n) is 3.88. The summed E-state index contributed by atoms with van der Waals surface area (Å²) in [7, 11) is 0. The summed E-state index contributed by atoms with van der Waals surface area (Å²) in [5.74, 6) is 0.790. The highest BCUT2D eigenvalue weighted by molar-refractivity contribution is 5.76. The zero-order chi connectivity index (χ0) is 11.4.